The monoisotopic (exact) mass is 529 g/mol. The van der Waals surface area contributed by atoms with Crippen LogP contribution in [0.5, 0.6) is 0 Å². The van der Waals surface area contributed by atoms with Crippen molar-refractivity contribution in [3.8, 4) is 11.3 Å². The third-order valence-corrected chi connectivity index (χ3v) is 8.31. The molecule has 0 amide bonds. The zero-order valence-electron chi connectivity index (χ0n) is 22.9. The molecule has 204 valence electrons. The van der Waals surface area contributed by atoms with Crippen molar-refractivity contribution in [2.24, 2.45) is 5.41 Å². The van der Waals surface area contributed by atoms with Crippen LogP contribution in [0.1, 0.15) is 57.0 Å². The molecule has 1 spiro atoms. The second-order valence-corrected chi connectivity index (χ2v) is 11.3. The lowest BCUT2D eigenvalue weighted by atomic mass is 9.71. The van der Waals surface area contributed by atoms with Crippen LogP contribution >= 0.6 is 0 Å². The van der Waals surface area contributed by atoms with E-state index in [1.54, 1.807) is 6.20 Å². The third kappa shape index (κ3) is 5.35. The van der Waals surface area contributed by atoms with Crippen molar-refractivity contribution >= 4 is 22.9 Å². The molecule has 0 unspecified atom stereocenters. The van der Waals surface area contributed by atoms with Crippen LogP contribution in [-0.2, 0) is 6.54 Å². The molecule has 2 saturated heterocycles. The Morgan fingerprint density at radius 2 is 1.79 bits per heavy atom. The maximum absolute atomic E-state index is 14.8. The van der Waals surface area contributed by atoms with Crippen LogP contribution in [0.15, 0.2) is 36.8 Å². The fourth-order valence-corrected chi connectivity index (χ4v) is 6.11. The van der Waals surface area contributed by atoms with E-state index in [4.69, 9.17) is 0 Å². The van der Waals surface area contributed by atoms with Crippen molar-refractivity contribution < 1.29 is 4.39 Å². The van der Waals surface area contributed by atoms with Gasteiger partial charge in [-0.05, 0) is 95.7 Å². The molecule has 2 aliphatic heterocycles. The van der Waals surface area contributed by atoms with E-state index in [1.165, 1.54) is 37.4 Å². The minimum Gasteiger partial charge on any atom is -0.324 e. The van der Waals surface area contributed by atoms with Crippen LogP contribution in [-0.4, -0.2) is 60.6 Å². The zero-order chi connectivity index (χ0) is 27.0. The highest BCUT2D eigenvalue weighted by Gasteiger charge is 2.35. The number of rotatable bonds is 6. The first kappa shape index (κ1) is 25.8. The third-order valence-electron chi connectivity index (χ3n) is 8.31. The average Bonchev–Trinajstić information content (AvgIpc) is 3.28. The van der Waals surface area contributed by atoms with Gasteiger partial charge in [-0.15, -0.1) is 0 Å². The molecule has 0 atom stereocenters. The minimum atomic E-state index is -0.509. The number of fused-ring (bicyclic) bond motifs is 1. The molecule has 0 bridgehead atoms. The van der Waals surface area contributed by atoms with Crippen LogP contribution in [0.3, 0.4) is 0 Å². The second-order valence-electron chi connectivity index (χ2n) is 11.3. The topological polar surface area (TPSA) is 96.7 Å². The molecular weight excluding hydrogens is 493 g/mol. The normalized spacial score (nSPS) is 17.8. The second kappa shape index (κ2) is 10.6. The molecule has 0 aliphatic carbocycles. The lowest BCUT2D eigenvalue weighted by Gasteiger charge is -2.44. The van der Waals surface area contributed by atoms with E-state index >= 15 is 0 Å². The lowest BCUT2D eigenvalue weighted by molar-refractivity contribution is 0.0701. The van der Waals surface area contributed by atoms with Crippen LogP contribution in [0.2, 0.25) is 0 Å². The Bertz CT molecular complexity index is 1450. The number of aromatic nitrogens is 6. The van der Waals surface area contributed by atoms with Crippen molar-refractivity contribution in [3.63, 3.8) is 0 Å². The van der Waals surface area contributed by atoms with E-state index in [0.29, 0.717) is 22.4 Å². The van der Waals surface area contributed by atoms with Gasteiger partial charge in [-0.1, -0.05) is 6.07 Å². The molecule has 2 aliphatic rings. The van der Waals surface area contributed by atoms with Gasteiger partial charge in [0.2, 0.25) is 5.95 Å². The number of nitrogens with zero attached hydrogens (tertiary/aromatic N) is 7. The zero-order valence-corrected chi connectivity index (χ0v) is 22.9. The Balaban J connectivity index is 1.14. The van der Waals surface area contributed by atoms with E-state index in [0.717, 1.165) is 44.1 Å². The van der Waals surface area contributed by atoms with Gasteiger partial charge in [0.05, 0.1) is 11.7 Å². The number of nitrogens with one attached hydrogen (secondary N) is 2. The summed E-state index contributed by atoms with van der Waals surface area (Å²) in [4.78, 5) is 24.7. The number of likely N-dealkylation sites (tertiary alicyclic amines) is 1. The highest BCUT2D eigenvalue weighted by Crippen LogP contribution is 2.39. The molecule has 6 heterocycles. The van der Waals surface area contributed by atoms with Crippen molar-refractivity contribution in [2.45, 2.75) is 59.0 Å². The maximum Gasteiger partial charge on any atom is 0.229 e. The molecule has 0 aromatic carbocycles. The largest absolute Gasteiger partial charge is 0.324 e. The Labute approximate surface area is 228 Å². The van der Waals surface area contributed by atoms with Gasteiger partial charge in [0.15, 0.2) is 11.5 Å². The number of aryl methyl sites for hydroxylation is 1. The number of halogens is 1. The Hall–Kier alpha value is -3.50. The van der Waals surface area contributed by atoms with E-state index in [1.807, 2.05) is 25.3 Å². The molecule has 4 aromatic rings. The highest BCUT2D eigenvalue weighted by molar-refractivity contribution is 5.78. The predicted octanol–water partition coefficient (Wildman–Crippen LogP) is 5.02. The van der Waals surface area contributed by atoms with Gasteiger partial charge in [-0.3, -0.25) is 4.90 Å². The summed E-state index contributed by atoms with van der Waals surface area (Å²) < 4.78 is 16.9. The molecule has 10 heteroatoms. The molecule has 2 N–H and O–H groups in total. The molecule has 4 aromatic heterocycles. The number of pyridine rings is 2. The number of piperidine rings is 2. The first-order valence-corrected chi connectivity index (χ1v) is 13.9. The molecule has 0 radical (unpaired) electrons. The quantitative estimate of drug-likeness (QED) is 0.359. The fraction of sp³-hybridized carbons (Fsp3) is 0.483. The van der Waals surface area contributed by atoms with Crippen molar-refractivity contribution in [3.05, 3.63) is 54.0 Å². The number of imidazole rings is 1. The van der Waals surface area contributed by atoms with E-state index < -0.39 is 5.82 Å². The van der Waals surface area contributed by atoms with Crippen molar-refractivity contribution in [2.75, 3.05) is 31.5 Å². The van der Waals surface area contributed by atoms with Gasteiger partial charge in [0, 0.05) is 30.5 Å². The van der Waals surface area contributed by atoms with Crippen molar-refractivity contribution in [1.29, 1.82) is 0 Å². The molecule has 9 nitrogen and oxygen atoms in total. The summed E-state index contributed by atoms with van der Waals surface area (Å²) in [5.41, 5.74) is 3.98. The molecule has 0 saturated carbocycles. The van der Waals surface area contributed by atoms with Crippen LogP contribution in [0, 0.1) is 18.2 Å². The summed E-state index contributed by atoms with van der Waals surface area (Å²) in [5.74, 6) is 1.26. The standard InChI is InChI=1S/C29H36FN9/c1-19(2)39-20(3)35-27-24(39)14-22(16-33-27)26-23(30)17-34-28(37-26)36-25-5-4-21(15-32-25)18-38-12-8-29(9-13-38)6-10-31-11-7-29/h4-5,14-17,19,31H,6-13,18H2,1-3H3,(H,32,34,36,37). The maximum atomic E-state index is 14.8. The Morgan fingerprint density at radius 3 is 2.51 bits per heavy atom. The fourth-order valence-electron chi connectivity index (χ4n) is 6.11. The Kier molecular flexibility index (Phi) is 6.99. The first-order chi connectivity index (χ1) is 18.9. The summed E-state index contributed by atoms with van der Waals surface area (Å²) in [7, 11) is 0. The van der Waals surface area contributed by atoms with Crippen LogP contribution < -0.4 is 10.6 Å². The van der Waals surface area contributed by atoms with Crippen molar-refractivity contribution in [1.82, 2.24) is 39.7 Å². The van der Waals surface area contributed by atoms with Gasteiger partial charge in [0.1, 0.15) is 17.3 Å². The average molecular weight is 530 g/mol. The summed E-state index contributed by atoms with van der Waals surface area (Å²) in [6, 6.07) is 6.10. The molecular formula is C29H36FN9. The Morgan fingerprint density at radius 1 is 1.00 bits per heavy atom. The first-order valence-electron chi connectivity index (χ1n) is 13.9. The van der Waals surface area contributed by atoms with Gasteiger partial charge in [-0.2, -0.15) is 0 Å². The van der Waals surface area contributed by atoms with E-state index in [2.05, 4.69) is 64.9 Å². The molecule has 6 rings (SSSR count). The van der Waals surface area contributed by atoms with Crippen LogP contribution in [0.4, 0.5) is 16.2 Å². The minimum absolute atomic E-state index is 0.185. The summed E-state index contributed by atoms with van der Waals surface area (Å²) in [5, 5.41) is 6.62. The predicted molar refractivity (Wildman–Crippen MR) is 150 cm³/mol. The van der Waals surface area contributed by atoms with Gasteiger partial charge >= 0.3 is 0 Å². The van der Waals surface area contributed by atoms with E-state index in [9.17, 15) is 4.39 Å². The molecule has 39 heavy (non-hydrogen) atoms. The number of anilines is 2. The van der Waals surface area contributed by atoms with E-state index in [-0.39, 0.29) is 17.7 Å². The van der Waals surface area contributed by atoms with Gasteiger partial charge in [-0.25, -0.2) is 29.3 Å². The van der Waals surface area contributed by atoms with Gasteiger partial charge < -0.3 is 15.2 Å². The summed E-state index contributed by atoms with van der Waals surface area (Å²) in [6.45, 7) is 11.6. The lowest BCUT2D eigenvalue weighted by Crippen LogP contribution is -2.45. The SMILES string of the molecule is Cc1nc2ncc(-c3nc(Nc4ccc(CN5CCC6(CCNCC6)CC5)cn4)ncc3F)cc2n1C(C)C. The summed E-state index contributed by atoms with van der Waals surface area (Å²) in [6.07, 6.45) is 9.87. The van der Waals surface area contributed by atoms with Gasteiger partial charge in [0.25, 0.3) is 0 Å². The summed E-state index contributed by atoms with van der Waals surface area (Å²) >= 11 is 0. The molecule has 2 fully saturated rings. The number of hydrogen-bond donors (Lipinski definition) is 2. The smallest absolute Gasteiger partial charge is 0.229 e. The number of hydrogen-bond acceptors (Lipinski definition) is 8. The highest BCUT2D eigenvalue weighted by atomic mass is 19.1. The van der Waals surface area contributed by atoms with Crippen LogP contribution in [0.25, 0.3) is 22.4 Å².